The summed E-state index contributed by atoms with van der Waals surface area (Å²) in [4.78, 5) is 30.9. The lowest BCUT2D eigenvalue weighted by Gasteiger charge is -2.34. The summed E-state index contributed by atoms with van der Waals surface area (Å²) in [6.45, 7) is 7.59. The Morgan fingerprint density at radius 2 is 2.08 bits per heavy atom. The van der Waals surface area contributed by atoms with Gasteiger partial charge < -0.3 is 9.32 Å². The smallest absolute Gasteiger partial charge is 0.260 e. The summed E-state index contributed by atoms with van der Waals surface area (Å²) in [6.07, 6.45) is 1.75. The van der Waals surface area contributed by atoms with E-state index in [-0.39, 0.29) is 18.2 Å². The van der Waals surface area contributed by atoms with Crippen molar-refractivity contribution in [2.24, 2.45) is 0 Å². The number of hydrogen-bond acceptors (Lipinski definition) is 6. The maximum atomic E-state index is 12.5. The summed E-state index contributed by atoms with van der Waals surface area (Å²) in [6, 6.07) is 1.62. The van der Waals surface area contributed by atoms with Gasteiger partial charge in [-0.25, -0.2) is 4.98 Å². The molecule has 0 radical (unpaired) electrons. The van der Waals surface area contributed by atoms with Gasteiger partial charge in [-0.1, -0.05) is 13.8 Å². The van der Waals surface area contributed by atoms with Crippen molar-refractivity contribution in [3.8, 4) is 0 Å². The van der Waals surface area contributed by atoms with Crippen LogP contribution < -0.4 is 5.32 Å². The highest BCUT2D eigenvalue weighted by molar-refractivity contribution is 8.00. The Bertz CT molecular complexity index is 761. The molecule has 1 fully saturated rings. The number of aromatic nitrogens is 1. The van der Waals surface area contributed by atoms with Crippen LogP contribution in [-0.4, -0.2) is 45.3 Å². The molecular formula is C17H21N3O3S2. The van der Waals surface area contributed by atoms with Crippen LogP contribution in [0, 0.1) is 6.92 Å². The first kappa shape index (κ1) is 18.0. The summed E-state index contributed by atoms with van der Waals surface area (Å²) in [5.74, 6) is 0.401. The summed E-state index contributed by atoms with van der Waals surface area (Å²) < 4.78 is 5.14. The molecule has 0 spiro atoms. The highest BCUT2D eigenvalue weighted by atomic mass is 32.2. The third-order valence-electron chi connectivity index (χ3n) is 3.98. The fraction of sp³-hybridized carbons (Fsp3) is 0.471. The van der Waals surface area contributed by atoms with Crippen molar-refractivity contribution in [1.82, 2.24) is 9.88 Å². The highest BCUT2D eigenvalue weighted by Crippen LogP contribution is 2.25. The van der Waals surface area contributed by atoms with Gasteiger partial charge in [0, 0.05) is 29.0 Å². The van der Waals surface area contributed by atoms with Crippen LogP contribution in [0.4, 0.5) is 5.13 Å². The summed E-state index contributed by atoms with van der Waals surface area (Å²) in [7, 11) is 0. The minimum atomic E-state index is -0.255. The standard InChI is InChI=1S/C17H21N3O3S2/c1-10-7-20(8-11(2)25-10)15(21)6-13-9-24-17(18-13)19-16(22)14-4-5-23-12(14)3/h4-5,9-11H,6-8H2,1-3H3,(H,18,19,22)/t10-,11-/m0/s1. The Labute approximate surface area is 155 Å². The van der Waals surface area contributed by atoms with Crippen molar-refractivity contribution in [3.63, 3.8) is 0 Å². The van der Waals surface area contributed by atoms with E-state index in [1.54, 1.807) is 13.0 Å². The van der Waals surface area contributed by atoms with Crippen LogP contribution in [-0.2, 0) is 11.2 Å². The van der Waals surface area contributed by atoms with Crippen molar-refractivity contribution in [2.45, 2.75) is 37.7 Å². The number of carbonyl (C=O) groups is 2. The third kappa shape index (κ3) is 4.43. The van der Waals surface area contributed by atoms with E-state index in [1.807, 2.05) is 22.0 Å². The van der Waals surface area contributed by atoms with E-state index in [9.17, 15) is 9.59 Å². The van der Waals surface area contributed by atoms with Crippen molar-refractivity contribution in [1.29, 1.82) is 0 Å². The van der Waals surface area contributed by atoms with Gasteiger partial charge in [-0.05, 0) is 13.0 Å². The normalized spacial score (nSPS) is 20.5. The van der Waals surface area contributed by atoms with Crippen LogP contribution in [0.25, 0.3) is 0 Å². The third-order valence-corrected chi connectivity index (χ3v) is 6.01. The fourth-order valence-electron chi connectivity index (χ4n) is 2.88. The minimum Gasteiger partial charge on any atom is -0.469 e. The zero-order valence-corrected chi connectivity index (χ0v) is 16.1. The molecule has 0 aromatic carbocycles. The van der Waals surface area contributed by atoms with Crippen LogP contribution >= 0.6 is 23.1 Å². The van der Waals surface area contributed by atoms with E-state index in [0.29, 0.717) is 32.6 Å². The zero-order valence-electron chi connectivity index (χ0n) is 14.4. The van der Waals surface area contributed by atoms with Gasteiger partial charge in [0.15, 0.2) is 5.13 Å². The van der Waals surface area contributed by atoms with Gasteiger partial charge in [-0.15, -0.1) is 11.3 Å². The topological polar surface area (TPSA) is 75.4 Å². The molecule has 0 saturated carbocycles. The molecule has 1 saturated heterocycles. The Kier molecular flexibility index (Phi) is 5.48. The molecule has 0 bridgehead atoms. The Hall–Kier alpha value is -1.80. The van der Waals surface area contributed by atoms with Crippen LogP contribution in [0.2, 0.25) is 0 Å². The number of hydrogen-bond donors (Lipinski definition) is 1. The molecule has 8 heteroatoms. The van der Waals surface area contributed by atoms with Gasteiger partial charge in [0.1, 0.15) is 5.76 Å². The number of amides is 2. The van der Waals surface area contributed by atoms with Gasteiger partial charge >= 0.3 is 0 Å². The van der Waals surface area contributed by atoms with Gasteiger partial charge in [0.2, 0.25) is 5.91 Å². The SMILES string of the molecule is Cc1occc1C(=O)Nc1nc(CC(=O)N2C[C@H](C)S[C@@H](C)C2)cs1. The largest absolute Gasteiger partial charge is 0.469 e. The minimum absolute atomic E-state index is 0.0906. The van der Waals surface area contributed by atoms with Gasteiger partial charge in [-0.2, -0.15) is 11.8 Å². The van der Waals surface area contributed by atoms with Crippen LogP contribution in [0.5, 0.6) is 0 Å². The summed E-state index contributed by atoms with van der Waals surface area (Å²) in [5.41, 5.74) is 1.18. The molecule has 2 aromatic heterocycles. The number of anilines is 1. The van der Waals surface area contributed by atoms with E-state index >= 15 is 0 Å². The molecular weight excluding hydrogens is 358 g/mol. The molecule has 1 aliphatic rings. The van der Waals surface area contributed by atoms with Crippen LogP contribution in [0.3, 0.4) is 0 Å². The second-order valence-corrected chi connectivity index (χ2v) is 8.96. The van der Waals surface area contributed by atoms with Crippen molar-refractivity contribution in [2.75, 3.05) is 18.4 Å². The predicted molar refractivity (Wildman–Crippen MR) is 100 cm³/mol. The quantitative estimate of drug-likeness (QED) is 0.883. The number of carbonyl (C=O) groups excluding carboxylic acids is 2. The lowest BCUT2D eigenvalue weighted by molar-refractivity contribution is -0.130. The number of thioether (sulfide) groups is 1. The number of thiazole rings is 1. The molecule has 0 unspecified atom stereocenters. The molecule has 2 amide bonds. The Balaban J connectivity index is 1.59. The molecule has 25 heavy (non-hydrogen) atoms. The molecule has 6 nitrogen and oxygen atoms in total. The van der Waals surface area contributed by atoms with E-state index < -0.39 is 0 Å². The second kappa shape index (κ2) is 7.61. The summed E-state index contributed by atoms with van der Waals surface area (Å²) >= 11 is 3.24. The first-order valence-corrected chi connectivity index (χ1v) is 9.97. The fourth-order valence-corrected chi connectivity index (χ4v) is 4.91. The molecule has 1 N–H and O–H groups in total. The monoisotopic (exact) mass is 379 g/mol. The number of furan rings is 1. The average molecular weight is 380 g/mol. The van der Waals surface area contributed by atoms with Crippen LogP contribution in [0.1, 0.15) is 35.7 Å². The Morgan fingerprint density at radius 1 is 1.36 bits per heavy atom. The molecule has 3 heterocycles. The summed E-state index contributed by atoms with van der Waals surface area (Å²) in [5, 5.41) is 5.97. The first-order valence-electron chi connectivity index (χ1n) is 8.15. The second-order valence-electron chi connectivity index (χ2n) is 6.22. The maximum Gasteiger partial charge on any atom is 0.260 e. The number of nitrogens with one attached hydrogen (secondary N) is 1. The van der Waals surface area contributed by atoms with E-state index in [2.05, 4.69) is 24.1 Å². The van der Waals surface area contributed by atoms with Crippen molar-refractivity contribution < 1.29 is 14.0 Å². The van der Waals surface area contributed by atoms with Gasteiger partial charge in [-0.3, -0.25) is 14.9 Å². The van der Waals surface area contributed by atoms with Crippen molar-refractivity contribution in [3.05, 3.63) is 34.7 Å². The lowest BCUT2D eigenvalue weighted by atomic mass is 10.2. The van der Waals surface area contributed by atoms with Crippen LogP contribution in [0.15, 0.2) is 22.1 Å². The number of aryl methyl sites for hydroxylation is 1. The predicted octanol–water partition coefficient (Wildman–Crippen LogP) is 3.19. The molecule has 3 rings (SSSR count). The van der Waals surface area contributed by atoms with E-state index in [0.717, 1.165) is 13.1 Å². The van der Waals surface area contributed by atoms with Gasteiger partial charge in [0.05, 0.1) is 23.9 Å². The highest BCUT2D eigenvalue weighted by Gasteiger charge is 2.26. The van der Waals surface area contributed by atoms with E-state index in [1.165, 1.54) is 17.6 Å². The lowest BCUT2D eigenvalue weighted by Crippen LogP contribution is -2.44. The maximum absolute atomic E-state index is 12.5. The zero-order chi connectivity index (χ0) is 18.0. The Morgan fingerprint density at radius 3 is 2.72 bits per heavy atom. The molecule has 2 aromatic rings. The first-order chi connectivity index (χ1) is 11.9. The average Bonchev–Trinajstić information content (AvgIpc) is 3.15. The number of nitrogens with zero attached hydrogens (tertiary/aromatic N) is 2. The van der Waals surface area contributed by atoms with Gasteiger partial charge in [0.25, 0.3) is 5.91 Å². The molecule has 0 aliphatic carbocycles. The molecule has 2 atom stereocenters. The van der Waals surface area contributed by atoms with Crippen molar-refractivity contribution >= 4 is 40.0 Å². The van der Waals surface area contributed by atoms with E-state index in [4.69, 9.17) is 4.42 Å². The number of rotatable bonds is 4. The molecule has 134 valence electrons. The molecule has 1 aliphatic heterocycles.